The van der Waals surface area contributed by atoms with Gasteiger partial charge in [0.1, 0.15) is 0 Å². The van der Waals surface area contributed by atoms with Crippen molar-refractivity contribution in [3.63, 3.8) is 0 Å². The Morgan fingerprint density at radius 1 is 0.935 bits per heavy atom. The maximum atomic E-state index is 13.2. The number of nitrogens with zero attached hydrogens (tertiary/aromatic N) is 2. The predicted octanol–water partition coefficient (Wildman–Crippen LogP) is 3.51. The third-order valence-corrected chi connectivity index (χ3v) is 8.42. The number of para-hydroxylation sites is 1. The second-order valence-corrected chi connectivity index (χ2v) is 10.5. The first kappa shape index (κ1) is 21.8. The molecule has 4 rings (SSSR count). The van der Waals surface area contributed by atoms with Gasteiger partial charge in [0.15, 0.2) is 0 Å². The van der Waals surface area contributed by atoms with Crippen molar-refractivity contribution >= 4 is 21.6 Å². The van der Waals surface area contributed by atoms with Crippen molar-refractivity contribution in [1.29, 1.82) is 0 Å². The molecule has 0 unspecified atom stereocenters. The molecule has 2 aliphatic rings. The number of hydrogen-bond donors (Lipinski definition) is 1. The number of anilines is 1. The van der Waals surface area contributed by atoms with E-state index in [1.807, 2.05) is 30.3 Å². The van der Waals surface area contributed by atoms with Gasteiger partial charge in [-0.15, -0.1) is 0 Å². The minimum Gasteiger partial charge on any atom is -0.369 e. The van der Waals surface area contributed by atoms with Crippen LogP contribution in [0.3, 0.4) is 0 Å². The molecule has 166 valence electrons. The molecular weight excluding hydrogens is 410 g/mol. The van der Waals surface area contributed by atoms with Gasteiger partial charge in [-0.05, 0) is 49.1 Å². The van der Waals surface area contributed by atoms with Crippen molar-refractivity contribution in [3.8, 4) is 0 Å². The Morgan fingerprint density at radius 2 is 1.65 bits per heavy atom. The SMILES string of the molecule is C[C@H]1CCCC[C@@H]1NC(=O)c1cccc(S(=O)(=O)N2CCN(c3ccccc3)CC2)c1. The summed E-state index contributed by atoms with van der Waals surface area (Å²) in [7, 11) is -3.64. The molecule has 0 radical (unpaired) electrons. The fourth-order valence-electron chi connectivity index (χ4n) is 4.55. The fourth-order valence-corrected chi connectivity index (χ4v) is 6.02. The zero-order valence-corrected chi connectivity index (χ0v) is 18.9. The molecule has 2 aromatic rings. The van der Waals surface area contributed by atoms with E-state index in [-0.39, 0.29) is 16.8 Å². The van der Waals surface area contributed by atoms with Crippen LogP contribution in [0.25, 0.3) is 0 Å². The van der Waals surface area contributed by atoms with Gasteiger partial charge in [-0.2, -0.15) is 4.31 Å². The van der Waals surface area contributed by atoms with E-state index in [2.05, 4.69) is 17.1 Å². The fraction of sp³-hybridized carbons (Fsp3) is 0.458. The molecule has 2 fully saturated rings. The van der Waals surface area contributed by atoms with Crippen LogP contribution in [0.4, 0.5) is 5.69 Å². The Bertz CT molecular complexity index is 1000. The van der Waals surface area contributed by atoms with Crippen LogP contribution in [0.2, 0.25) is 0 Å². The van der Waals surface area contributed by atoms with E-state index in [1.54, 1.807) is 18.2 Å². The van der Waals surface area contributed by atoms with E-state index in [9.17, 15) is 13.2 Å². The highest BCUT2D eigenvalue weighted by Crippen LogP contribution is 2.25. The van der Waals surface area contributed by atoms with Gasteiger partial charge < -0.3 is 10.2 Å². The summed E-state index contributed by atoms with van der Waals surface area (Å²) in [6.45, 7) is 4.30. The molecule has 31 heavy (non-hydrogen) atoms. The number of carbonyl (C=O) groups is 1. The van der Waals surface area contributed by atoms with Crippen molar-refractivity contribution in [2.45, 2.75) is 43.5 Å². The standard InChI is InChI=1S/C24H31N3O3S/c1-19-8-5-6-13-23(19)25-24(28)20-9-7-12-22(18-20)31(29,30)27-16-14-26(15-17-27)21-10-3-2-4-11-21/h2-4,7,9-12,18-19,23H,5-6,8,13-17H2,1H3,(H,25,28)/t19-,23-/m0/s1. The van der Waals surface area contributed by atoms with E-state index in [1.165, 1.54) is 16.8 Å². The number of hydrogen-bond acceptors (Lipinski definition) is 4. The third-order valence-electron chi connectivity index (χ3n) is 6.52. The van der Waals surface area contributed by atoms with Crippen LogP contribution in [-0.4, -0.2) is 50.9 Å². The molecular formula is C24H31N3O3S. The van der Waals surface area contributed by atoms with Gasteiger partial charge in [-0.3, -0.25) is 4.79 Å². The molecule has 1 aliphatic heterocycles. The van der Waals surface area contributed by atoms with Crippen LogP contribution >= 0.6 is 0 Å². The number of carbonyl (C=O) groups excluding carboxylic acids is 1. The number of sulfonamides is 1. The highest BCUT2D eigenvalue weighted by atomic mass is 32.2. The first-order valence-electron chi connectivity index (χ1n) is 11.2. The molecule has 1 saturated carbocycles. The highest BCUT2D eigenvalue weighted by molar-refractivity contribution is 7.89. The van der Waals surface area contributed by atoms with Gasteiger partial charge in [-0.25, -0.2) is 8.42 Å². The molecule has 2 aromatic carbocycles. The van der Waals surface area contributed by atoms with Gasteiger partial charge in [0.25, 0.3) is 5.91 Å². The first-order valence-corrected chi connectivity index (χ1v) is 12.6. The second kappa shape index (κ2) is 9.40. The van der Waals surface area contributed by atoms with Gasteiger partial charge in [0.05, 0.1) is 4.90 Å². The number of rotatable bonds is 5. The van der Waals surface area contributed by atoms with Crippen LogP contribution in [0, 0.1) is 5.92 Å². The van der Waals surface area contributed by atoms with Crippen LogP contribution < -0.4 is 10.2 Å². The zero-order chi connectivity index (χ0) is 21.8. The van der Waals surface area contributed by atoms with Crippen LogP contribution in [0.1, 0.15) is 43.0 Å². The first-order chi connectivity index (χ1) is 14.9. The van der Waals surface area contributed by atoms with Crippen molar-refractivity contribution in [2.75, 3.05) is 31.1 Å². The van der Waals surface area contributed by atoms with Crippen molar-refractivity contribution in [2.24, 2.45) is 5.92 Å². The summed E-state index contributed by atoms with van der Waals surface area (Å²) in [5.74, 6) is 0.259. The molecule has 0 bridgehead atoms. The molecule has 7 heteroatoms. The Morgan fingerprint density at radius 3 is 2.35 bits per heavy atom. The topological polar surface area (TPSA) is 69.7 Å². The largest absolute Gasteiger partial charge is 0.369 e. The van der Waals surface area contributed by atoms with Crippen molar-refractivity contribution < 1.29 is 13.2 Å². The minimum absolute atomic E-state index is 0.160. The summed E-state index contributed by atoms with van der Waals surface area (Å²) in [5.41, 5.74) is 1.51. The molecule has 0 aromatic heterocycles. The Kier molecular flexibility index (Phi) is 6.62. The van der Waals surface area contributed by atoms with Crippen LogP contribution in [0.5, 0.6) is 0 Å². The lowest BCUT2D eigenvalue weighted by molar-refractivity contribution is 0.0910. The normalized spacial score (nSPS) is 22.8. The molecule has 1 aliphatic carbocycles. The highest BCUT2D eigenvalue weighted by Gasteiger charge is 2.29. The Hall–Kier alpha value is -2.38. The average molecular weight is 442 g/mol. The lowest BCUT2D eigenvalue weighted by Crippen LogP contribution is -2.48. The van der Waals surface area contributed by atoms with Crippen LogP contribution in [-0.2, 0) is 10.0 Å². The summed E-state index contributed by atoms with van der Waals surface area (Å²) in [5, 5.41) is 3.11. The van der Waals surface area contributed by atoms with Crippen LogP contribution in [0.15, 0.2) is 59.5 Å². The number of benzene rings is 2. The summed E-state index contributed by atoms with van der Waals surface area (Å²) in [6, 6.07) is 16.6. The summed E-state index contributed by atoms with van der Waals surface area (Å²) < 4.78 is 28.0. The summed E-state index contributed by atoms with van der Waals surface area (Å²) in [6.07, 6.45) is 4.43. The number of amides is 1. The van der Waals surface area contributed by atoms with E-state index in [0.717, 1.165) is 24.9 Å². The van der Waals surface area contributed by atoms with E-state index >= 15 is 0 Å². The predicted molar refractivity (Wildman–Crippen MR) is 123 cm³/mol. The van der Waals surface area contributed by atoms with Gasteiger partial charge >= 0.3 is 0 Å². The number of nitrogens with one attached hydrogen (secondary N) is 1. The van der Waals surface area contributed by atoms with Gasteiger partial charge in [0.2, 0.25) is 10.0 Å². The maximum absolute atomic E-state index is 13.2. The summed E-state index contributed by atoms with van der Waals surface area (Å²) in [4.78, 5) is 15.2. The molecule has 1 amide bonds. The van der Waals surface area contributed by atoms with E-state index < -0.39 is 10.0 Å². The quantitative estimate of drug-likeness (QED) is 0.771. The zero-order valence-electron chi connectivity index (χ0n) is 18.0. The summed E-state index contributed by atoms with van der Waals surface area (Å²) >= 11 is 0. The molecule has 1 N–H and O–H groups in total. The van der Waals surface area contributed by atoms with Crippen molar-refractivity contribution in [1.82, 2.24) is 9.62 Å². The lowest BCUT2D eigenvalue weighted by Gasteiger charge is -2.35. The molecule has 0 spiro atoms. The molecule has 1 heterocycles. The third kappa shape index (κ3) is 4.93. The Balaban J connectivity index is 1.43. The monoisotopic (exact) mass is 441 g/mol. The molecule has 2 atom stereocenters. The smallest absolute Gasteiger partial charge is 0.251 e. The maximum Gasteiger partial charge on any atom is 0.251 e. The average Bonchev–Trinajstić information content (AvgIpc) is 2.81. The van der Waals surface area contributed by atoms with Gasteiger partial charge in [-0.1, -0.05) is 44.0 Å². The number of piperazine rings is 1. The molecule has 1 saturated heterocycles. The van der Waals surface area contributed by atoms with Crippen molar-refractivity contribution in [3.05, 3.63) is 60.2 Å². The Labute approximate surface area is 185 Å². The lowest BCUT2D eigenvalue weighted by atomic mass is 9.86. The second-order valence-electron chi connectivity index (χ2n) is 8.60. The minimum atomic E-state index is -3.64. The van der Waals surface area contributed by atoms with E-state index in [0.29, 0.717) is 37.7 Å². The van der Waals surface area contributed by atoms with Gasteiger partial charge in [0, 0.05) is 43.5 Å². The molecule has 6 nitrogen and oxygen atoms in total. The van der Waals surface area contributed by atoms with E-state index in [4.69, 9.17) is 0 Å².